The van der Waals surface area contributed by atoms with Gasteiger partial charge in [-0.1, -0.05) is 18.2 Å². The summed E-state index contributed by atoms with van der Waals surface area (Å²) in [6, 6.07) is 6.27. The Kier molecular flexibility index (Phi) is 8.50. The van der Waals surface area contributed by atoms with E-state index in [4.69, 9.17) is 9.47 Å². The van der Waals surface area contributed by atoms with Crippen LogP contribution >= 0.6 is 0 Å². The molecule has 0 aliphatic rings. The van der Waals surface area contributed by atoms with Crippen molar-refractivity contribution in [2.75, 3.05) is 13.2 Å². The van der Waals surface area contributed by atoms with E-state index < -0.39 is 40.1 Å². The van der Waals surface area contributed by atoms with Gasteiger partial charge in [-0.2, -0.15) is 0 Å². The van der Waals surface area contributed by atoms with Gasteiger partial charge in [0.05, 0.1) is 24.5 Å². The van der Waals surface area contributed by atoms with Crippen LogP contribution in [0.15, 0.2) is 46.7 Å². The Balaban J connectivity index is 2.82. The molecule has 142 valence electrons. The molecule has 1 N–H and O–H groups in total. The SMILES string of the molecule is CCOC(=O)C[C@@H](NC(=O)C=CS(=O)(=O)c1ccccc1)C(=O)OCC. The Hall–Kier alpha value is -2.68. The molecule has 0 saturated heterocycles. The fraction of sp³-hybridized carbons (Fsp3) is 0.353. The molecule has 0 heterocycles. The lowest BCUT2D eigenvalue weighted by Crippen LogP contribution is -2.43. The topological polar surface area (TPSA) is 116 Å². The molecule has 0 radical (unpaired) electrons. The third kappa shape index (κ3) is 7.06. The first-order chi connectivity index (χ1) is 12.3. The Morgan fingerprint density at radius 1 is 1.08 bits per heavy atom. The van der Waals surface area contributed by atoms with Crippen molar-refractivity contribution in [2.24, 2.45) is 0 Å². The quantitative estimate of drug-likeness (QED) is 0.499. The first kappa shape index (κ1) is 21.4. The second-order valence-electron chi connectivity index (χ2n) is 4.98. The number of carbonyl (C=O) groups excluding carboxylic acids is 3. The highest BCUT2D eigenvalue weighted by Gasteiger charge is 2.25. The number of rotatable bonds is 9. The van der Waals surface area contributed by atoms with Crippen LogP contribution in [0.3, 0.4) is 0 Å². The first-order valence-electron chi connectivity index (χ1n) is 7.91. The van der Waals surface area contributed by atoms with Gasteiger partial charge in [0, 0.05) is 11.5 Å². The third-order valence-corrected chi connectivity index (χ3v) is 4.46. The molecule has 1 amide bonds. The van der Waals surface area contributed by atoms with Crippen molar-refractivity contribution >= 4 is 27.7 Å². The van der Waals surface area contributed by atoms with Crippen LogP contribution in [0.25, 0.3) is 0 Å². The third-order valence-electron chi connectivity index (χ3n) is 3.03. The van der Waals surface area contributed by atoms with E-state index in [9.17, 15) is 22.8 Å². The Labute approximate surface area is 152 Å². The normalized spacial score (nSPS) is 12.4. The molecule has 1 aromatic carbocycles. The van der Waals surface area contributed by atoms with E-state index in [2.05, 4.69) is 5.32 Å². The maximum absolute atomic E-state index is 12.1. The van der Waals surface area contributed by atoms with Gasteiger partial charge in [-0.05, 0) is 26.0 Å². The minimum Gasteiger partial charge on any atom is -0.466 e. The number of hydrogen-bond donors (Lipinski definition) is 1. The zero-order valence-electron chi connectivity index (χ0n) is 14.5. The smallest absolute Gasteiger partial charge is 0.329 e. The summed E-state index contributed by atoms with van der Waals surface area (Å²) in [4.78, 5) is 35.4. The van der Waals surface area contributed by atoms with E-state index in [1.165, 1.54) is 12.1 Å². The van der Waals surface area contributed by atoms with E-state index in [-0.39, 0.29) is 18.1 Å². The number of sulfone groups is 1. The summed E-state index contributed by atoms with van der Waals surface area (Å²) in [6.45, 7) is 3.37. The summed E-state index contributed by atoms with van der Waals surface area (Å²) < 4.78 is 33.7. The molecule has 0 fully saturated rings. The molecular weight excluding hydrogens is 362 g/mol. The van der Waals surface area contributed by atoms with Crippen molar-refractivity contribution in [1.82, 2.24) is 5.32 Å². The lowest BCUT2D eigenvalue weighted by atomic mass is 10.2. The minimum absolute atomic E-state index is 0.0255. The fourth-order valence-electron chi connectivity index (χ4n) is 1.88. The van der Waals surface area contributed by atoms with Gasteiger partial charge < -0.3 is 14.8 Å². The zero-order valence-corrected chi connectivity index (χ0v) is 15.3. The van der Waals surface area contributed by atoms with Gasteiger partial charge in [0.15, 0.2) is 9.84 Å². The number of esters is 2. The number of ether oxygens (including phenoxy) is 2. The van der Waals surface area contributed by atoms with Gasteiger partial charge in [-0.25, -0.2) is 13.2 Å². The van der Waals surface area contributed by atoms with E-state index in [1.54, 1.807) is 32.0 Å². The molecular formula is C17H21NO7S. The lowest BCUT2D eigenvalue weighted by Gasteiger charge is -2.15. The second kappa shape index (κ2) is 10.3. The molecule has 0 spiro atoms. The summed E-state index contributed by atoms with van der Waals surface area (Å²) >= 11 is 0. The number of nitrogens with one attached hydrogen (secondary N) is 1. The molecule has 8 nitrogen and oxygen atoms in total. The predicted octanol–water partition coefficient (Wildman–Crippen LogP) is 0.975. The maximum Gasteiger partial charge on any atom is 0.329 e. The number of amides is 1. The van der Waals surface area contributed by atoms with Gasteiger partial charge in [0.25, 0.3) is 0 Å². The Morgan fingerprint density at radius 2 is 1.69 bits per heavy atom. The predicted molar refractivity (Wildman–Crippen MR) is 92.6 cm³/mol. The highest BCUT2D eigenvalue weighted by atomic mass is 32.2. The van der Waals surface area contributed by atoms with E-state index in [0.29, 0.717) is 0 Å². The Morgan fingerprint density at radius 3 is 2.27 bits per heavy atom. The number of carbonyl (C=O) groups is 3. The molecule has 0 aliphatic carbocycles. The van der Waals surface area contributed by atoms with Crippen LogP contribution in [0, 0.1) is 0 Å². The largest absolute Gasteiger partial charge is 0.466 e. The molecule has 26 heavy (non-hydrogen) atoms. The van der Waals surface area contributed by atoms with Crippen LogP contribution in [0.5, 0.6) is 0 Å². The van der Waals surface area contributed by atoms with Crippen molar-refractivity contribution in [1.29, 1.82) is 0 Å². The first-order valence-corrected chi connectivity index (χ1v) is 9.45. The van der Waals surface area contributed by atoms with Crippen molar-refractivity contribution in [2.45, 2.75) is 31.2 Å². The van der Waals surface area contributed by atoms with Gasteiger partial charge >= 0.3 is 11.9 Å². The number of hydrogen-bond acceptors (Lipinski definition) is 7. The Bertz CT molecular complexity index is 757. The summed E-state index contributed by atoms with van der Waals surface area (Å²) in [5.74, 6) is -2.35. The summed E-state index contributed by atoms with van der Waals surface area (Å²) in [5.41, 5.74) is 0. The molecule has 1 atom stereocenters. The van der Waals surface area contributed by atoms with Crippen molar-refractivity contribution in [3.63, 3.8) is 0 Å². The fourth-order valence-corrected chi connectivity index (χ4v) is 2.88. The number of benzene rings is 1. The van der Waals surface area contributed by atoms with Crippen LogP contribution in [0.4, 0.5) is 0 Å². The van der Waals surface area contributed by atoms with Crippen LogP contribution in [0.2, 0.25) is 0 Å². The molecule has 0 saturated carbocycles. The van der Waals surface area contributed by atoms with Gasteiger partial charge in [0.2, 0.25) is 5.91 Å². The average Bonchev–Trinajstić information content (AvgIpc) is 2.61. The highest BCUT2D eigenvalue weighted by Crippen LogP contribution is 2.11. The molecule has 9 heteroatoms. The minimum atomic E-state index is -3.80. The summed E-state index contributed by atoms with van der Waals surface area (Å²) in [5, 5.41) is 2.98. The van der Waals surface area contributed by atoms with Crippen molar-refractivity contribution in [3.05, 3.63) is 41.8 Å². The summed E-state index contributed by atoms with van der Waals surface area (Å²) in [7, 11) is -3.80. The molecule has 0 aromatic heterocycles. The van der Waals surface area contributed by atoms with Gasteiger partial charge in [-0.15, -0.1) is 0 Å². The van der Waals surface area contributed by atoms with E-state index >= 15 is 0 Å². The van der Waals surface area contributed by atoms with Gasteiger partial charge in [0.1, 0.15) is 6.04 Å². The van der Waals surface area contributed by atoms with Crippen LogP contribution in [0.1, 0.15) is 20.3 Å². The maximum atomic E-state index is 12.1. The van der Waals surface area contributed by atoms with E-state index in [0.717, 1.165) is 11.5 Å². The zero-order chi connectivity index (χ0) is 19.6. The lowest BCUT2D eigenvalue weighted by molar-refractivity contribution is -0.153. The molecule has 0 bridgehead atoms. The van der Waals surface area contributed by atoms with Crippen molar-refractivity contribution in [3.8, 4) is 0 Å². The van der Waals surface area contributed by atoms with Gasteiger partial charge in [-0.3, -0.25) is 9.59 Å². The average molecular weight is 383 g/mol. The molecule has 0 aliphatic heterocycles. The molecule has 0 unspecified atom stereocenters. The van der Waals surface area contributed by atoms with E-state index in [1.807, 2.05) is 0 Å². The summed E-state index contributed by atoms with van der Waals surface area (Å²) in [6.07, 6.45) is 0.359. The van der Waals surface area contributed by atoms with Crippen LogP contribution in [-0.2, 0) is 33.7 Å². The van der Waals surface area contributed by atoms with Crippen LogP contribution < -0.4 is 5.32 Å². The highest BCUT2D eigenvalue weighted by molar-refractivity contribution is 7.94. The van der Waals surface area contributed by atoms with Crippen molar-refractivity contribution < 1.29 is 32.3 Å². The molecule has 1 aromatic rings. The standard InChI is InChI=1S/C17H21NO7S/c1-3-24-16(20)12-14(17(21)25-4-2)18-15(19)10-11-26(22,23)13-8-6-5-7-9-13/h5-11,14H,3-4,12H2,1-2H3,(H,18,19)/t14-/m1/s1. The second-order valence-corrected chi connectivity index (χ2v) is 6.82. The van der Waals surface area contributed by atoms with Crippen LogP contribution in [-0.4, -0.2) is 45.5 Å². The monoisotopic (exact) mass is 383 g/mol. The molecule has 1 rings (SSSR count).